The third-order valence-corrected chi connectivity index (χ3v) is 3.93. The van der Waals surface area contributed by atoms with Crippen molar-refractivity contribution >= 4 is 11.8 Å². The lowest BCUT2D eigenvalue weighted by atomic mass is 10.1. The highest BCUT2D eigenvalue weighted by atomic mass is 16.5. The summed E-state index contributed by atoms with van der Waals surface area (Å²) in [6, 6.07) is 12.6. The number of ether oxygens (including phenoxy) is 2. The lowest BCUT2D eigenvalue weighted by molar-refractivity contribution is -0.123. The number of nitrogens with one attached hydrogen (secondary N) is 2. The number of hydrogen-bond acceptors (Lipinski definition) is 4. The van der Waals surface area contributed by atoms with Gasteiger partial charge in [-0.25, -0.2) is 0 Å². The Morgan fingerprint density at radius 2 is 1.67 bits per heavy atom. The summed E-state index contributed by atoms with van der Waals surface area (Å²) >= 11 is 0. The molecule has 0 fully saturated rings. The van der Waals surface area contributed by atoms with E-state index in [1.165, 1.54) is 0 Å². The maximum Gasteiger partial charge on any atom is 0.276 e. The molecule has 2 aromatic rings. The monoisotopic (exact) mass is 370 g/mol. The highest BCUT2D eigenvalue weighted by molar-refractivity contribution is 5.95. The van der Waals surface area contributed by atoms with Gasteiger partial charge < -0.3 is 9.47 Å². The van der Waals surface area contributed by atoms with Crippen molar-refractivity contribution in [2.24, 2.45) is 0 Å². The Hall–Kier alpha value is -3.02. The molecule has 0 radical (unpaired) electrons. The van der Waals surface area contributed by atoms with Crippen molar-refractivity contribution in [3.05, 3.63) is 59.2 Å². The van der Waals surface area contributed by atoms with Crippen LogP contribution < -0.4 is 20.3 Å². The Labute approximate surface area is 159 Å². The zero-order chi connectivity index (χ0) is 19.6. The minimum absolute atomic E-state index is 0.188. The molecule has 2 rings (SSSR count). The van der Waals surface area contributed by atoms with Crippen LogP contribution in [0.3, 0.4) is 0 Å². The van der Waals surface area contributed by atoms with E-state index in [0.717, 1.165) is 24.0 Å². The molecule has 0 atom stereocenters. The molecule has 6 nitrogen and oxygen atoms in total. The van der Waals surface area contributed by atoms with E-state index in [4.69, 9.17) is 9.47 Å². The van der Waals surface area contributed by atoms with Gasteiger partial charge in [-0.2, -0.15) is 0 Å². The minimum Gasteiger partial charge on any atom is -0.494 e. The maximum absolute atomic E-state index is 12.2. The van der Waals surface area contributed by atoms with Gasteiger partial charge in [0.15, 0.2) is 6.61 Å². The smallest absolute Gasteiger partial charge is 0.276 e. The van der Waals surface area contributed by atoms with Crippen LogP contribution in [0.2, 0.25) is 0 Å². The van der Waals surface area contributed by atoms with Crippen LogP contribution >= 0.6 is 0 Å². The predicted octanol–water partition coefficient (Wildman–Crippen LogP) is 3.32. The van der Waals surface area contributed by atoms with Crippen molar-refractivity contribution in [3.8, 4) is 11.5 Å². The second-order valence-electron chi connectivity index (χ2n) is 6.24. The van der Waals surface area contributed by atoms with Crippen LogP contribution in [0.5, 0.6) is 11.5 Å². The second-order valence-corrected chi connectivity index (χ2v) is 6.24. The van der Waals surface area contributed by atoms with Gasteiger partial charge in [0.1, 0.15) is 11.5 Å². The van der Waals surface area contributed by atoms with Crippen LogP contribution in [-0.4, -0.2) is 25.0 Å². The molecular formula is C21H26N2O4. The summed E-state index contributed by atoms with van der Waals surface area (Å²) in [6.45, 7) is 6.33. The first-order valence-electron chi connectivity index (χ1n) is 9.02. The molecule has 0 unspecified atom stereocenters. The number of benzene rings is 2. The lowest BCUT2D eigenvalue weighted by Gasteiger charge is -2.12. The quantitative estimate of drug-likeness (QED) is 0.552. The first-order chi connectivity index (χ1) is 13.0. The van der Waals surface area contributed by atoms with E-state index in [2.05, 4.69) is 17.8 Å². The molecule has 0 aliphatic heterocycles. The standard InChI is InChI=1S/C21H26N2O4/c1-4-5-12-26-18-11-7-10-17(13-18)21(25)23-22-19(24)14-27-20-15(2)8-6-9-16(20)3/h6-11,13H,4-5,12,14H2,1-3H3,(H,22,24)(H,23,25). The summed E-state index contributed by atoms with van der Waals surface area (Å²) in [6.07, 6.45) is 1.99. The zero-order valence-corrected chi connectivity index (χ0v) is 16.0. The average molecular weight is 370 g/mol. The van der Waals surface area contributed by atoms with Crippen molar-refractivity contribution in [3.63, 3.8) is 0 Å². The fourth-order valence-corrected chi connectivity index (χ4v) is 2.46. The molecule has 0 saturated carbocycles. The summed E-state index contributed by atoms with van der Waals surface area (Å²) in [4.78, 5) is 24.1. The molecule has 0 aliphatic carbocycles. The van der Waals surface area contributed by atoms with E-state index < -0.39 is 11.8 Å². The van der Waals surface area contributed by atoms with Gasteiger partial charge in [0.05, 0.1) is 6.61 Å². The topological polar surface area (TPSA) is 76.7 Å². The molecule has 2 amide bonds. The van der Waals surface area contributed by atoms with Crippen molar-refractivity contribution in [2.75, 3.05) is 13.2 Å². The lowest BCUT2D eigenvalue weighted by Crippen LogP contribution is -2.43. The molecule has 2 N–H and O–H groups in total. The minimum atomic E-state index is -0.443. The number of hydrogen-bond donors (Lipinski definition) is 2. The van der Waals surface area contributed by atoms with Crippen LogP contribution in [0.25, 0.3) is 0 Å². The second kappa shape index (κ2) is 10.2. The molecule has 0 spiro atoms. The summed E-state index contributed by atoms with van der Waals surface area (Å²) in [7, 11) is 0. The van der Waals surface area contributed by atoms with E-state index in [1.807, 2.05) is 32.0 Å². The number of hydrazine groups is 1. The highest BCUT2D eigenvalue weighted by Crippen LogP contribution is 2.22. The van der Waals surface area contributed by atoms with Crippen molar-refractivity contribution in [1.82, 2.24) is 10.9 Å². The summed E-state index contributed by atoms with van der Waals surface area (Å²) < 4.78 is 11.1. The van der Waals surface area contributed by atoms with Gasteiger partial charge in [0.2, 0.25) is 0 Å². The van der Waals surface area contributed by atoms with Gasteiger partial charge >= 0.3 is 0 Å². The number of carbonyl (C=O) groups is 2. The van der Waals surface area contributed by atoms with Crippen LogP contribution in [0.1, 0.15) is 41.3 Å². The van der Waals surface area contributed by atoms with Gasteiger partial charge in [-0.3, -0.25) is 20.4 Å². The molecule has 27 heavy (non-hydrogen) atoms. The summed E-state index contributed by atoms with van der Waals surface area (Å²) in [5.74, 6) is 0.439. The average Bonchev–Trinajstić information content (AvgIpc) is 2.66. The molecule has 0 bridgehead atoms. The van der Waals surface area contributed by atoms with Crippen molar-refractivity contribution in [1.29, 1.82) is 0 Å². The van der Waals surface area contributed by atoms with E-state index in [1.54, 1.807) is 24.3 Å². The van der Waals surface area contributed by atoms with Crippen LogP contribution in [0, 0.1) is 13.8 Å². The largest absolute Gasteiger partial charge is 0.494 e. The van der Waals surface area contributed by atoms with Gasteiger partial charge in [0, 0.05) is 5.56 Å². The summed E-state index contributed by atoms with van der Waals surface area (Å²) in [5.41, 5.74) is 7.05. The third kappa shape index (κ3) is 6.33. The van der Waals surface area contributed by atoms with E-state index >= 15 is 0 Å². The Morgan fingerprint density at radius 3 is 2.37 bits per heavy atom. The number of carbonyl (C=O) groups excluding carboxylic acids is 2. The Kier molecular flexibility index (Phi) is 7.67. The molecule has 144 valence electrons. The van der Waals surface area contributed by atoms with Crippen LogP contribution in [0.15, 0.2) is 42.5 Å². The third-order valence-electron chi connectivity index (χ3n) is 3.93. The van der Waals surface area contributed by atoms with Crippen molar-refractivity contribution in [2.45, 2.75) is 33.6 Å². The highest BCUT2D eigenvalue weighted by Gasteiger charge is 2.10. The van der Waals surface area contributed by atoms with Gasteiger partial charge in [-0.15, -0.1) is 0 Å². The molecule has 0 saturated heterocycles. The molecular weight excluding hydrogens is 344 g/mol. The number of para-hydroxylation sites is 1. The Morgan fingerprint density at radius 1 is 0.963 bits per heavy atom. The molecule has 0 aromatic heterocycles. The number of unbranched alkanes of at least 4 members (excludes halogenated alkanes) is 1. The summed E-state index contributed by atoms with van der Waals surface area (Å²) in [5, 5.41) is 0. The van der Waals surface area contributed by atoms with Crippen molar-refractivity contribution < 1.29 is 19.1 Å². The first-order valence-corrected chi connectivity index (χ1v) is 9.02. The number of aryl methyl sites for hydroxylation is 2. The molecule has 6 heteroatoms. The van der Waals surface area contributed by atoms with Gasteiger partial charge in [-0.1, -0.05) is 37.6 Å². The van der Waals surface area contributed by atoms with Crippen LogP contribution in [-0.2, 0) is 4.79 Å². The van der Waals surface area contributed by atoms with E-state index in [9.17, 15) is 9.59 Å². The Balaban J connectivity index is 1.82. The number of rotatable bonds is 8. The number of amides is 2. The van der Waals surface area contributed by atoms with E-state index in [-0.39, 0.29) is 6.61 Å². The first kappa shape index (κ1) is 20.3. The van der Waals surface area contributed by atoms with Gasteiger partial charge in [0.25, 0.3) is 11.8 Å². The van der Waals surface area contributed by atoms with Crippen LogP contribution in [0.4, 0.5) is 0 Å². The van der Waals surface area contributed by atoms with E-state index in [0.29, 0.717) is 23.7 Å². The molecule has 0 heterocycles. The molecule has 2 aromatic carbocycles. The maximum atomic E-state index is 12.2. The normalized spacial score (nSPS) is 10.2. The fraction of sp³-hybridized carbons (Fsp3) is 0.333. The SMILES string of the molecule is CCCCOc1cccc(C(=O)NNC(=O)COc2c(C)cccc2C)c1. The van der Waals surface area contributed by atoms with Gasteiger partial charge in [-0.05, 0) is 49.6 Å². The molecule has 0 aliphatic rings. The predicted molar refractivity (Wildman–Crippen MR) is 104 cm³/mol. The Bertz CT molecular complexity index is 769. The fourth-order valence-electron chi connectivity index (χ4n) is 2.46. The zero-order valence-electron chi connectivity index (χ0n) is 16.0.